The lowest BCUT2D eigenvalue weighted by molar-refractivity contribution is -0.114. The van der Waals surface area contributed by atoms with Crippen LogP contribution >= 0.6 is 0 Å². The molecule has 2 aromatic rings. The predicted octanol–water partition coefficient (Wildman–Crippen LogP) is 2.60. The number of aromatic nitrogens is 1. The third-order valence-corrected chi connectivity index (χ3v) is 3.84. The second-order valence-electron chi connectivity index (χ2n) is 5.82. The smallest absolute Gasteiger partial charge is 0.251 e. The third kappa shape index (κ3) is 3.53. The Morgan fingerprint density at radius 1 is 1.25 bits per heavy atom. The van der Waals surface area contributed by atoms with E-state index in [-0.39, 0.29) is 17.9 Å². The first-order chi connectivity index (χ1) is 11.5. The van der Waals surface area contributed by atoms with Gasteiger partial charge in [-0.2, -0.15) is 0 Å². The van der Waals surface area contributed by atoms with Crippen LogP contribution in [-0.2, 0) is 4.79 Å². The number of pyridine rings is 1. The Balaban J connectivity index is 1.79. The van der Waals surface area contributed by atoms with Crippen molar-refractivity contribution >= 4 is 17.6 Å². The third-order valence-electron chi connectivity index (χ3n) is 3.84. The second kappa shape index (κ2) is 6.70. The fourth-order valence-corrected chi connectivity index (χ4v) is 2.73. The van der Waals surface area contributed by atoms with Crippen LogP contribution in [0.3, 0.4) is 0 Å². The van der Waals surface area contributed by atoms with E-state index in [0.29, 0.717) is 24.4 Å². The van der Waals surface area contributed by atoms with Crippen LogP contribution in [0.25, 0.3) is 0 Å². The molecule has 6 heteroatoms. The van der Waals surface area contributed by atoms with Gasteiger partial charge in [-0.15, -0.1) is 0 Å². The van der Waals surface area contributed by atoms with Gasteiger partial charge in [0, 0.05) is 30.7 Å². The van der Waals surface area contributed by atoms with Crippen LogP contribution in [0.5, 0.6) is 5.75 Å². The van der Waals surface area contributed by atoms with Crippen LogP contribution in [0.15, 0.2) is 36.5 Å². The van der Waals surface area contributed by atoms with Crippen LogP contribution in [0.1, 0.15) is 40.9 Å². The number of benzene rings is 1. The van der Waals surface area contributed by atoms with E-state index in [9.17, 15) is 9.59 Å². The minimum Gasteiger partial charge on any atom is -0.493 e. The first-order valence-electron chi connectivity index (χ1n) is 7.81. The van der Waals surface area contributed by atoms with Crippen molar-refractivity contribution in [2.75, 3.05) is 11.9 Å². The maximum absolute atomic E-state index is 12.6. The number of nitrogens with one attached hydrogen (secondary N) is 2. The molecule has 0 saturated heterocycles. The molecule has 2 heterocycles. The number of anilines is 1. The molecule has 0 spiro atoms. The Labute approximate surface area is 140 Å². The average Bonchev–Trinajstić information content (AvgIpc) is 2.55. The molecule has 0 aliphatic carbocycles. The summed E-state index contributed by atoms with van der Waals surface area (Å²) in [6, 6.07) is 9.05. The molecular weight excluding hydrogens is 306 g/mol. The van der Waals surface area contributed by atoms with Crippen LogP contribution in [0.2, 0.25) is 0 Å². The predicted molar refractivity (Wildman–Crippen MR) is 90.0 cm³/mol. The summed E-state index contributed by atoms with van der Waals surface area (Å²) in [5, 5.41) is 5.62. The lowest BCUT2D eigenvalue weighted by Crippen LogP contribution is -2.32. The number of fused-ring (bicyclic) bond motifs is 1. The van der Waals surface area contributed by atoms with Crippen molar-refractivity contribution in [3.63, 3.8) is 0 Å². The van der Waals surface area contributed by atoms with Gasteiger partial charge in [-0.3, -0.25) is 9.59 Å². The van der Waals surface area contributed by atoms with Crippen LogP contribution in [-0.4, -0.2) is 23.4 Å². The second-order valence-corrected chi connectivity index (χ2v) is 5.82. The molecule has 0 bridgehead atoms. The number of carbonyl (C=O) groups is 2. The Hall–Kier alpha value is -2.89. The number of nitrogens with zero attached hydrogens (tertiary/aromatic N) is 1. The van der Waals surface area contributed by atoms with E-state index >= 15 is 0 Å². The highest BCUT2D eigenvalue weighted by molar-refractivity contribution is 5.96. The van der Waals surface area contributed by atoms with E-state index in [2.05, 4.69) is 15.6 Å². The summed E-state index contributed by atoms with van der Waals surface area (Å²) in [5.74, 6) is 0.737. The van der Waals surface area contributed by atoms with Gasteiger partial charge in [0.1, 0.15) is 11.6 Å². The number of hydrogen-bond acceptors (Lipinski definition) is 4. The van der Waals surface area contributed by atoms with E-state index in [4.69, 9.17) is 4.74 Å². The summed E-state index contributed by atoms with van der Waals surface area (Å²) in [7, 11) is 0. The number of ether oxygens (including phenoxy) is 1. The summed E-state index contributed by atoms with van der Waals surface area (Å²) >= 11 is 0. The molecule has 1 atom stereocenters. The van der Waals surface area contributed by atoms with Crippen molar-refractivity contribution in [3.05, 3.63) is 53.2 Å². The zero-order chi connectivity index (χ0) is 17.1. The van der Waals surface area contributed by atoms with Gasteiger partial charge in [-0.1, -0.05) is 17.7 Å². The van der Waals surface area contributed by atoms with Crippen molar-refractivity contribution in [1.82, 2.24) is 10.3 Å². The van der Waals surface area contributed by atoms with E-state index in [1.165, 1.54) is 13.1 Å². The van der Waals surface area contributed by atoms with Gasteiger partial charge >= 0.3 is 0 Å². The minimum atomic E-state index is -0.228. The van der Waals surface area contributed by atoms with Gasteiger partial charge in [0.2, 0.25) is 5.91 Å². The van der Waals surface area contributed by atoms with E-state index < -0.39 is 0 Å². The van der Waals surface area contributed by atoms with Crippen molar-refractivity contribution < 1.29 is 14.3 Å². The first kappa shape index (κ1) is 16.0. The van der Waals surface area contributed by atoms with Gasteiger partial charge in [0.05, 0.1) is 12.6 Å². The van der Waals surface area contributed by atoms with Crippen molar-refractivity contribution in [2.45, 2.75) is 26.3 Å². The van der Waals surface area contributed by atoms with Crippen LogP contribution in [0.4, 0.5) is 5.82 Å². The van der Waals surface area contributed by atoms with E-state index in [1.54, 1.807) is 12.1 Å². The molecule has 1 aromatic carbocycles. The molecule has 0 radical (unpaired) electrons. The Morgan fingerprint density at radius 3 is 2.88 bits per heavy atom. The van der Waals surface area contributed by atoms with E-state index in [1.807, 2.05) is 25.1 Å². The Bertz CT molecular complexity index is 789. The van der Waals surface area contributed by atoms with Gasteiger partial charge in [0.25, 0.3) is 5.91 Å². The number of hydrogen-bond donors (Lipinski definition) is 2. The van der Waals surface area contributed by atoms with Crippen molar-refractivity contribution in [2.24, 2.45) is 0 Å². The van der Waals surface area contributed by atoms with Gasteiger partial charge < -0.3 is 15.4 Å². The largest absolute Gasteiger partial charge is 0.493 e. The number of aryl methyl sites for hydroxylation is 1. The molecule has 2 N–H and O–H groups in total. The van der Waals surface area contributed by atoms with Crippen LogP contribution < -0.4 is 15.4 Å². The molecule has 6 nitrogen and oxygen atoms in total. The molecule has 0 saturated carbocycles. The van der Waals surface area contributed by atoms with Gasteiger partial charge in [-0.25, -0.2) is 4.98 Å². The normalized spacial score (nSPS) is 15.8. The quantitative estimate of drug-likeness (QED) is 0.909. The van der Waals surface area contributed by atoms with Crippen molar-refractivity contribution in [3.8, 4) is 5.75 Å². The topological polar surface area (TPSA) is 80.3 Å². The number of carbonyl (C=O) groups excluding carboxylic acids is 2. The summed E-state index contributed by atoms with van der Waals surface area (Å²) in [6.07, 6.45) is 2.22. The number of rotatable bonds is 3. The van der Waals surface area contributed by atoms with Crippen LogP contribution in [0, 0.1) is 6.92 Å². The summed E-state index contributed by atoms with van der Waals surface area (Å²) < 4.78 is 5.65. The maximum atomic E-state index is 12.6. The summed E-state index contributed by atoms with van der Waals surface area (Å²) in [5.41, 5.74) is 2.57. The lowest BCUT2D eigenvalue weighted by Gasteiger charge is -2.27. The van der Waals surface area contributed by atoms with Gasteiger partial charge in [0.15, 0.2) is 0 Å². The van der Waals surface area contributed by atoms with Crippen molar-refractivity contribution in [1.29, 1.82) is 0 Å². The SMILES string of the molecule is CC(=O)Nc1cc(C(=O)NC2CCOc3ccc(C)cc32)ccn1. The molecule has 1 aliphatic heterocycles. The molecule has 1 unspecified atom stereocenters. The number of amides is 2. The fourth-order valence-electron chi connectivity index (χ4n) is 2.73. The fraction of sp³-hybridized carbons (Fsp3) is 0.278. The monoisotopic (exact) mass is 325 g/mol. The first-order valence-corrected chi connectivity index (χ1v) is 7.81. The molecule has 124 valence electrons. The average molecular weight is 325 g/mol. The van der Waals surface area contributed by atoms with E-state index in [0.717, 1.165) is 16.9 Å². The highest BCUT2D eigenvalue weighted by Gasteiger charge is 2.23. The molecule has 2 amide bonds. The summed E-state index contributed by atoms with van der Waals surface area (Å²) in [4.78, 5) is 27.7. The Kier molecular flexibility index (Phi) is 4.46. The zero-order valence-electron chi connectivity index (χ0n) is 13.6. The molecule has 3 rings (SSSR count). The molecular formula is C18H19N3O3. The highest BCUT2D eigenvalue weighted by atomic mass is 16.5. The Morgan fingerprint density at radius 2 is 2.08 bits per heavy atom. The molecule has 24 heavy (non-hydrogen) atoms. The molecule has 1 aromatic heterocycles. The highest BCUT2D eigenvalue weighted by Crippen LogP contribution is 2.32. The maximum Gasteiger partial charge on any atom is 0.251 e. The lowest BCUT2D eigenvalue weighted by atomic mass is 9.98. The zero-order valence-corrected chi connectivity index (χ0v) is 13.6. The molecule has 1 aliphatic rings. The minimum absolute atomic E-state index is 0.0986. The standard InChI is InChI=1S/C18H19N3O3/c1-11-3-4-16-14(9-11)15(6-8-24-16)21-18(23)13-5-7-19-17(10-13)20-12(2)22/h3-5,7,9-10,15H,6,8H2,1-2H3,(H,21,23)(H,19,20,22). The molecule has 0 fully saturated rings. The van der Waals surface area contributed by atoms with Gasteiger partial charge in [-0.05, 0) is 25.1 Å². The summed E-state index contributed by atoms with van der Waals surface area (Å²) in [6.45, 7) is 3.97.